The van der Waals surface area contributed by atoms with Gasteiger partial charge in [0.2, 0.25) is 0 Å². The maximum atomic E-state index is 3.33. The van der Waals surface area contributed by atoms with Gasteiger partial charge in [0.15, 0.2) is 0 Å². The second-order valence-corrected chi connectivity index (χ2v) is 4.86. The van der Waals surface area contributed by atoms with E-state index in [4.69, 9.17) is 0 Å². The predicted molar refractivity (Wildman–Crippen MR) is 69.9 cm³/mol. The smallest absolute Gasteiger partial charge is 0.0366 e. The van der Waals surface area contributed by atoms with Crippen LogP contribution < -0.4 is 10.2 Å². The molecule has 1 saturated heterocycles. The van der Waals surface area contributed by atoms with Crippen molar-refractivity contribution in [2.45, 2.75) is 25.8 Å². The summed E-state index contributed by atoms with van der Waals surface area (Å²) in [7, 11) is 2.05. The predicted octanol–water partition coefficient (Wildman–Crippen LogP) is 2.51. The fraction of sp³-hybridized carbons (Fsp3) is 0.571. The maximum Gasteiger partial charge on any atom is 0.0366 e. The molecule has 88 valence electrons. The molecular formula is C14H22N2. The lowest BCUT2D eigenvalue weighted by molar-refractivity contribution is 0.444. The minimum absolute atomic E-state index is 0.640. The van der Waals surface area contributed by atoms with Gasteiger partial charge in [-0.05, 0) is 44.9 Å². The van der Waals surface area contributed by atoms with Crippen molar-refractivity contribution in [1.29, 1.82) is 0 Å². The Balaban J connectivity index is 1.89. The Bertz CT molecular complexity index is 310. The number of nitrogens with one attached hydrogen (secondary N) is 1. The fourth-order valence-corrected chi connectivity index (χ4v) is 2.52. The summed E-state index contributed by atoms with van der Waals surface area (Å²) in [5, 5.41) is 3.33. The fourth-order valence-electron chi connectivity index (χ4n) is 2.52. The summed E-state index contributed by atoms with van der Waals surface area (Å²) < 4.78 is 0. The van der Waals surface area contributed by atoms with Crippen molar-refractivity contribution in [3.05, 3.63) is 30.3 Å². The van der Waals surface area contributed by atoms with Gasteiger partial charge < -0.3 is 10.2 Å². The summed E-state index contributed by atoms with van der Waals surface area (Å²) in [6.07, 6.45) is 2.63. The summed E-state index contributed by atoms with van der Waals surface area (Å²) in [6, 6.07) is 11.4. The van der Waals surface area contributed by atoms with Gasteiger partial charge in [-0.2, -0.15) is 0 Å². The molecule has 0 amide bonds. The number of rotatable bonds is 4. The molecule has 2 nitrogen and oxygen atoms in total. The highest BCUT2D eigenvalue weighted by Crippen LogP contribution is 2.26. The summed E-state index contributed by atoms with van der Waals surface area (Å²) in [4.78, 5) is 2.51. The first-order valence-electron chi connectivity index (χ1n) is 6.27. The minimum Gasteiger partial charge on any atom is -0.371 e. The first kappa shape index (κ1) is 11.5. The average molecular weight is 218 g/mol. The van der Waals surface area contributed by atoms with Crippen LogP contribution in [0.1, 0.15) is 19.8 Å². The molecular weight excluding hydrogens is 196 g/mol. The van der Waals surface area contributed by atoms with Crippen LogP contribution >= 0.6 is 0 Å². The third kappa shape index (κ3) is 2.76. The van der Waals surface area contributed by atoms with Crippen LogP contribution in [0.4, 0.5) is 5.69 Å². The van der Waals surface area contributed by atoms with Crippen molar-refractivity contribution in [3.63, 3.8) is 0 Å². The van der Waals surface area contributed by atoms with Crippen LogP contribution in [-0.4, -0.2) is 26.2 Å². The Morgan fingerprint density at radius 2 is 2.12 bits per heavy atom. The largest absolute Gasteiger partial charge is 0.371 e. The van der Waals surface area contributed by atoms with Crippen LogP contribution in [-0.2, 0) is 0 Å². The quantitative estimate of drug-likeness (QED) is 0.835. The molecule has 0 bridgehead atoms. The zero-order chi connectivity index (χ0) is 11.4. The lowest BCUT2D eigenvalue weighted by Gasteiger charge is -2.20. The topological polar surface area (TPSA) is 15.3 Å². The SMILES string of the molecule is CNC(C)CC1CCN(c2ccccc2)C1. The lowest BCUT2D eigenvalue weighted by Crippen LogP contribution is -2.26. The van der Waals surface area contributed by atoms with Gasteiger partial charge in [0.05, 0.1) is 0 Å². The maximum absolute atomic E-state index is 3.33. The van der Waals surface area contributed by atoms with Crippen molar-refractivity contribution in [2.75, 3.05) is 25.0 Å². The molecule has 0 spiro atoms. The minimum atomic E-state index is 0.640. The highest BCUT2D eigenvalue weighted by molar-refractivity contribution is 5.46. The Kier molecular flexibility index (Phi) is 3.83. The molecule has 1 heterocycles. The standard InChI is InChI=1S/C14H22N2/c1-12(15-2)10-13-8-9-16(11-13)14-6-4-3-5-7-14/h3-7,12-13,15H,8-11H2,1-2H3. The number of anilines is 1. The van der Waals surface area contributed by atoms with E-state index in [9.17, 15) is 0 Å². The number of para-hydroxylation sites is 1. The van der Waals surface area contributed by atoms with Crippen LogP contribution in [0.2, 0.25) is 0 Å². The Labute approximate surface area is 98.7 Å². The first-order valence-corrected chi connectivity index (χ1v) is 6.27. The molecule has 0 radical (unpaired) electrons. The highest BCUT2D eigenvalue weighted by Gasteiger charge is 2.23. The molecule has 2 unspecified atom stereocenters. The van der Waals surface area contributed by atoms with E-state index in [0.29, 0.717) is 6.04 Å². The molecule has 1 fully saturated rings. The normalized spacial score (nSPS) is 22.4. The summed E-state index contributed by atoms with van der Waals surface area (Å²) >= 11 is 0. The Hall–Kier alpha value is -1.02. The van der Waals surface area contributed by atoms with Gasteiger partial charge in [-0.1, -0.05) is 18.2 Å². The number of hydrogen-bond acceptors (Lipinski definition) is 2. The molecule has 0 aromatic heterocycles. The number of benzene rings is 1. The zero-order valence-electron chi connectivity index (χ0n) is 10.3. The molecule has 2 atom stereocenters. The first-order chi connectivity index (χ1) is 7.79. The molecule has 1 aromatic carbocycles. The van der Waals surface area contributed by atoms with E-state index in [1.54, 1.807) is 0 Å². The van der Waals surface area contributed by atoms with Crippen LogP contribution in [0.15, 0.2) is 30.3 Å². The van der Waals surface area contributed by atoms with E-state index >= 15 is 0 Å². The zero-order valence-corrected chi connectivity index (χ0v) is 10.3. The van der Waals surface area contributed by atoms with Crippen LogP contribution in [0.3, 0.4) is 0 Å². The van der Waals surface area contributed by atoms with Gasteiger partial charge in [-0.15, -0.1) is 0 Å². The lowest BCUT2D eigenvalue weighted by atomic mass is 10.0. The molecule has 0 aliphatic carbocycles. The average Bonchev–Trinajstić information content (AvgIpc) is 2.78. The van der Waals surface area contributed by atoms with Gasteiger partial charge >= 0.3 is 0 Å². The van der Waals surface area contributed by atoms with Crippen molar-refractivity contribution < 1.29 is 0 Å². The van der Waals surface area contributed by atoms with E-state index in [-0.39, 0.29) is 0 Å². The number of hydrogen-bond donors (Lipinski definition) is 1. The van der Waals surface area contributed by atoms with Gasteiger partial charge in [-0.25, -0.2) is 0 Å². The Morgan fingerprint density at radius 1 is 1.38 bits per heavy atom. The molecule has 1 aliphatic heterocycles. The molecule has 2 rings (SSSR count). The third-order valence-corrected chi connectivity index (χ3v) is 3.59. The number of nitrogens with zero attached hydrogens (tertiary/aromatic N) is 1. The van der Waals surface area contributed by atoms with Crippen LogP contribution in [0.25, 0.3) is 0 Å². The van der Waals surface area contributed by atoms with Crippen molar-refractivity contribution >= 4 is 5.69 Å². The van der Waals surface area contributed by atoms with Gasteiger partial charge in [0.1, 0.15) is 0 Å². The van der Waals surface area contributed by atoms with Gasteiger partial charge in [0, 0.05) is 24.8 Å². The molecule has 1 aromatic rings. The van der Waals surface area contributed by atoms with Gasteiger partial charge in [0.25, 0.3) is 0 Å². The second kappa shape index (κ2) is 5.35. The van der Waals surface area contributed by atoms with E-state index in [1.165, 1.54) is 31.6 Å². The van der Waals surface area contributed by atoms with Crippen molar-refractivity contribution in [1.82, 2.24) is 5.32 Å². The van der Waals surface area contributed by atoms with E-state index in [0.717, 1.165) is 5.92 Å². The van der Waals surface area contributed by atoms with Gasteiger partial charge in [-0.3, -0.25) is 0 Å². The Morgan fingerprint density at radius 3 is 2.81 bits per heavy atom. The summed E-state index contributed by atoms with van der Waals surface area (Å²) in [5.41, 5.74) is 1.38. The van der Waals surface area contributed by atoms with E-state index in [2.05, 4.69) is 54.5 Å². The monoisotopic (exact) mass is 218 g/mol. The van der Waals surface area contributed by atoms with Crippen molar-refractivity contribution in [2.24, 2.45) is 5.92 Å². The van der Waals surface area contributed by atoms with Crippen LogP contribution in [0, 0.1) is 5.92 Å². The summed E-state index contributed by atoms with van der Waals surface area (Å²) in [6.45, 7) is 4.70. The van der Waals surface area contributed by atoms with E-state index in [1.807, 2.05) is 0 Å². The molecule has 2 heteroatoms. The van der Waals surface area contributed by atoms with Crippen LogP contribution in [0.5, 0.6) is 0 Å². The van der Waals surface area contributed by atoms with E-state index < -0.39 is 0 Å². The second-order valence-electron chi connectivity index (χ2n) is 4.86. The highest BCUT2D eigenvalue weighted by atomic mass is 15.1. The molecule has 1 N–H and O–H groups in total. The summed E-state index contributed by atoms with van der Waals surface area (Å²) in [5.74, 6) is 0.850. The molecule has 16 heavy (non-hydrogen) atoms. The third-order valence-electron chi connectivity index (χ3n) is 3.59. The van der Waals surface area contributed by atoms with Crippen molar-refractivity contribution in [3.8, 4) is 0 Å². The molecule has 1 aliphatic rings. The molecule has 0 saturated carbocycles.